The third kappa shape index (κ3) is 3.31. The topological polar surface area (TPSA) is 46.5 Å². The third-order valence-electron chi connectivity index (χ3n) is 2.83. The lowest BCUT2D eigenvalue weighted by atomic mass is 9.96. The van der Waals surface area contributed by atoms with E-state index in [0.29, 0.717) is 11.5 Å². The summed E-state index contributed by atoms with van der Waals surface area (Å²) in [6.07, 6.45) is 2.54. The number of rotatable bonds is 7. The first-order valence-electron chi connectivity index (χ1n) is 5.69. The van der Waals surface area contributed by atoms with Crippen LogP contribution in [-0.2, 0) is 4.74 Å². The van der Waals surface area contributed by atoms with Crippen molar-refractivity contribution in [2.24, 2.45) is 5.92 Å². The molecule has 0 aliphatic rings. The van der Waals surface area contributed by atoms with Crippen molar-refractivity contribution < 1.29 is 14.6 Å². The number of carboxylic acid groups (broad SMARTS) is 1. The molecule has 0 aliphatic heterocycles. The van der Waals surface area contributed by atoms with Gasteiger partial charge < -0.3 is 9.84 Å². The Labute approximate surface area is 111 Å². The molecule has 1 rings (SSSR count). The molecule has 0 spiro atoms. The first-order valence-corrected chi connectivity index (χ1v) is 6.50. The van der Waals surface area contributed by atoms with Crippen LogP contribution in [-0.4, -0.2) is 24.8 Å². The molecule has 0 saturated heterocycles. The van der Waals surface area contributed by atoms with E-state index in [1.807, 2.05) is 0 Å². The van der Waals surface area contributed by atoms with Gasteiger partial charge in [-0.1, -0.05) is 26.2 Å². The molecule has 0 aliphatic carbocycles. The molecule has 0 saturated carbocycles. The fourth-order valence-electron chi connectivity index (χ4n) is 1.61. The molecular formula is C14H18O3S. The Morgan fingerprint density at radius 1 is 1.67 bits per heavy atom. The van der Waals surface area contributed by atoms with Gasteiger partial charge in [0.1, 0.15) is 4.88 Å². The normalized spacial score (nSPS) is 12.1. The van der Waals surface area contributed by atoms with Crippen molar-refractivity contribution in [3.63, 3.8) is 0 Å². The van der Waals surface area contributed by atoms with Crippen molar-refractivity contribution in [2.75, 3.05) is 13.7 Å². The number of carboxylic acids is 1. The van der Waals surface area contributed by atoms with E-state index in [4.69, 9.17) is 9.84 Å². The number of thiophene rings is 1. The molecule has 0 radical (unpaired) electrons. The minimum atomic E-state index is -0.910. The number of ether oxygens (including phenoxy) is 1. The second-order valence-electron chi connectivity index (χ2n) is 4.11. The minimum absolute atomic E-state index is 0.254. The SMILES string of the molecule is C=Cc1cc(C(=O)O)sc1C(=C)C(C)CCOC. The average Bonchev–Trinajstić information content (AvgIpc) is 2.79. The van der Waals surface area contributed by atoms with E-state index in [9.17, 15) is 4.79 Å². The van der Waals surface area contributed by atoms with Crippen molar-refractivity contribution >= 4 is 29.0 Å². The van der Waals surface area contributed by atoms with Gasteiger partial charge in [-0.05, 0) is 29.5 Å². The van der Waals surface area contributed by atoms with Gasteiger partial charge in [-0.3, -0.25) is 0 Å². The van der Waals surface area contributed by atoms with Crippen molar-refractivity contribution in [3.05, 3.63) is 34.5 Å². The van der Waals surface area contributed by atoms with Gasteiger partial charge in [0, 0.05) is 18.6 Å². The monoisotopic (exact) mass is 266 g/mol. The molecule has 1 atom stereocenters. The molecule has 1 unspecified atom stereocenters. The van der Waals surface area contributed by atoms with Gasteiger partial charge >= 0.3 is 5.97 Å². The minimum Gasteiger partial charge on any atom is -0.477 e. The third-order valence-corrected chi connectivity index (χ3v) is 4.05. The van der Waals surface area contributed by atoms with Gasteiger partial charge in [0.2, 0.25) is 0 Å². The second kappa shape index (κ2) is 6.52. The largest absolute Gasteiger partial charge is 0.477 e. The van der Waals surface area contributed by atoms with Crippen molar-refractivity contribution in [2.45, 2.75) is 13.3 Å². The van der Waals surface area contributed by atoms with Crippen molar-refractivity contribution in [3.8, 4) is 0 Å². The molecule has 4 heteroatoms. The molecule has 98 valence electrons. The molecule has 1 heterocycles. The van der Waals surface area contributed by atoms with Crippen LogP contribution in [0.4, 0.5) is 0 Å². The molecule has 0 bridgehead atoms. The van der Waals surface area contributed by atoms with Crippen molar-refractivity contribution in [1.29, 1.82) is 0 Å². The Balaban J connectivity index is 2.97. The maximum atomic E-state index is 11.0. The van der Waals surface area contributed by atoms with E-state index < -0.39 is 5.97 Å². The van der Waals surface area contributed by atoms with Crippen LogP contribution in [0.25, 0.3) is 11.6 Å². The molecule has 0 amide bonds. The number of hydrogen-bond donors (Lipinski definition) is 1. The second-order valence-corrected chi connectivity index (χ2v) is 5.16. The average molecular weight is 266 g/mol. The molecule has 0 fully saturated rings. The van der Waals surface area contributed by atoms with Crippen LogP contribution in [0.15, 0.2) is 19.2 Å². The van der Waals surface area contributed by atoms with Gasteiger partial charge in [0.15, 0.2) is 0 Å². The summed E-state index contributed by atoms with van der Waals surface area (Å²) in [6.45, 7) is 10.5. The summed E-state index contributed by atoms with van der Waals surface area (Å²) in [5, 5.41) is 9.01. The van der Waals surface area contributed by atoms with E-state index in [2.05, 4.69) is 20.1 Å². The lowest BCUT2D eigenvalue weighted by Gasteiger charge is -2.13. The van der Waals surface area contributed by atoms with Crippen molar-refractivity contribution in [1.82, 2.24) is 0 Å². The number of carbonyl (C=O) groups is 1. The standard InChI is InChI=1S/C14H18O3S/c1-5-11-8-12(14(15)16)18-13(11)10(3)9(2)6-7-17-4/h5,8-9H,1,3,6-7H2,2,4H3,(H,15,16). The molecular weight excluding hydrogens is 248 g/mol. The molecule has 1 aromatic rings. The summed E-state index contributed by atoms with van der Waals surface area (Å²) in [7, 11) is 1.67. The maximum absolute atomic E-state index is 11.0. The van der Waals surface area contributed by atoms with Gasteiger partial charge in [0.05, 0.1) is 0 Å². The van der Waals surface area contributed by atoms with Gasteiger partial charge in [-0.15, -0.1) is 11.3 Å². The van der Waals surface area contributed by atoms with E-state index >= 15 is 0 Å². The number of methoxy groups -OCH3 is 1. The fourth-order valence-corrected chi connectivity index (χ4v) is 2.69. The van der Waals surface area contributed by atoms with Crippen LogP contribution in [0.1, 0.15) is 33.5 Å². The lowest BCUT2D eigenvalue weighted by molar-refractivity contribution is 0.0702. The Kier molecular flexibility index (Phi) is 5.31. The summed E-state index contributed by atoms with van der Waals surface area (Å²) in [4.78, 5) is 12.2. The van der Waals surface area contributed by atoms with E-state index in [0.717, 1.165) is 22.4 Å². The number of hydrogen-bond acceptors (Lipinski definition) is 3. The van der Waals surface area contributed by atoms with Crippen LogP contribution < -0.4 is 0 Å². The molecule has 18 heavy (non-hydrogen) atoms. The Bertz CT molecular complexity index is 460. The van der Waals surface area contributed by atoms with Crippen LogP contribution in [0.2, 0.25) is 0 Å². The maximum Gasteiger partial charge on any atom is 0.345 e. The fraction of sp³-hybridized carbons (Fsp3) is 0.357. The van der Waals surface area contributed by atoms with Gasteiger partial charge in [0.25, 0.3) is 0 Å². The van der Waals surface area contributed by atoms with E-state index in [1.165, 1.54) is 11.3 Å². The molecule has 0 aromatic carbocycles. The molecule has 1 aromatic heterocycles. The predicted molar refractivity (Wildman–Crippen MR) is 76.1 cm³/mol. The summed E-state index contributed by atoms with van der Waals surface area (Å²) >= 11 is 1.25. The van der Waals surface area contributed by atoms with Gasteiger partial charge in [-0.25, -0.2) is 4.79 Å². The quantitative estimate of drug-likeness (QED) is 0.817. The zero-order valence-corrected chi connectivity index (χ0v) is 11.5. The highest BCUT2D eigenvalue weighted by molar-refractivity contribution is 7.15. The highest BCUT2D eigenvalue weighted by atomic mass is 32.1. The predicted octanol–water partition coefficient (Wildman–Crippen LogP) is 3.78. The van der Waals surface area contributed by atoms with Crippen LogP contribution in [0.3, 0.4) is 0 Å². The zero-order valence-electron chi connectivity index (χ0n) is 10.7. The first-order chi connectivity index (χ1) is 8.51. The summed E-state index contributed by atoms with van der Waals surface area (Å²) in [5.41, 5.74) is 1.78. The summed E-state index contributed by atoms with van der Waals surface area (Å²) in [5.74, 6) is -0.657. The summed E-state index contributed by atoms with van der Waals surface area (Å²) < 4.78 is 5.05. The van der Waals surface area contributed by atoms with Crippen LogP contribution in [0, 0.1) is 5.92 Å². The number of aromatic carboxylic acids is 1. The van der Waals surface area contributed by atoms with E-state index in [-0.39, 0.29) is 5.92 Å². The lowest BCUT2D eigenvalue weighted by Crippen LogP contribution is -2.01. The smallest absolute Gasteiger partial charge is 0.345 e. The highest BCUT2D eigenvalue weighted by Crippen LogP contribution is 2.34. The summed E-state index contributed by atoms with van der Waals surface area (Å²) in [6, 6.07) is 1.64. The van der Waals surface area contributed by atoms with Gasteiger partial charge in [-0.2, -0.15) is 0 Å². The number of allylic oxidation sites excluding steroid dienone is 1. The van der Waals surface area contributed by atoms with Crippen LogP contribution in [0.5, 0.6) is 0 Å². The first kappa shape index (κ1) is 14.7. The molecule has 3 nitrogen and oxygen atoms in total. The highest BCUT2D eigenvalue weighted by Gasteiger charge is 2.17. The van der Waals surface area contributed by atoms with E-state index in [1.54, 1.807) is 19.3 Å². The zero-order chi connectivity index (χ0) is 13.7. The van der Waals surface area contributed by atoms with Crippen LogP contribution >= 0.6 is 11.3 Å². The Hall–Kier alpha value is -1.39. The Morgan fingerprint density at radius 2 is 2.33 bits per heavy atom. The Morgan fingerprint density at radius 3 is 2.83 bits per heavy atom. The molecule has 1 N–H and O–H groups in total.